The molecule has 0 saturated carbocycles. The second-order valence-corrected chi connectivity index (χ2v) is 4.69. The molecule has 98 valence electrons. The number of nitrogens with two attached hydrogens (primary N) is 1. The van der Waals surface area contributed by atoms with Gasteiger partial charge in [0.2, 0.25) is 0 Å². The van der Waals surface area contributed by atoms with E-state index >= 15 is 0 Å². The van der Waals surface area contributed by atoms with Crippen molar-refractivity contribution in [1.82, 2.24) is 4.90 Å². The summed E-state index contributed by atoms with van der Waals surface area (Å²) in [5.74, 6) is -0.630. The summed E-state index contributed by atoms with van der Waals surface area (Å²) in [6, 6.07) is 3.99. The van der Waals surface area contributed by atoms with Crippen LogP contribution in [0.25, 0.3) is 0 Å². The molecule has 1 aromatic carbocycles. The first-order valence-electron chi connectivity index (χ1n) is 5.11. The number of rotatable bonds is 3. The number of amidine groups is 1. The lowest BCUT2D eigenvalue weighted by Crippen LogP contribution is -2.43. The number of phenols is 1. The number of likely N-dealkylation sites (N-methyl/N-ethyl adjacent to an activating group) is 1. The molecule has 4 N–H and O–H groups in total. The van der Waals surface area contributed by atoms with E-state index in [4.69, 9.17) is 10.9 Å². The van der Waals surface area contributed by atoms with E-state index in [9.17, 15) is 9.90 Å². The topological polar surface area (TPSA) is 99.2 Å². The molecule has 6 nitrogen and oxygen atoms in total. The third kappa shape index (κ3) is 2.92. The molecule has 1 amide bonds. The fourth-order valence-electron chi connectivity index (χ4n) is 1.33. The molecule has 0 aliphatic rings. The van der Waals surface area contributed by atoms with Crippen LogP contribution in [0.1, 0.15) is 17.3 Å². The number of carbonyl (C=O) groups is 1. The molecule has 7 heteroatoms. The van der Waals surface area contributed by atoms with Gasteiger partial charge >= 0.3 is 0 Å². The summed E-state index contributed by atoms with van der Waals surface area (Å²) in [6.07, 6.45) is 0. The summed E-state index contributed by atoms with van der Waals surface area (Å²) in [7, 11) is 1.51. The summed E-state index contributed by atoms with van der Waals surface area (Å²) in [5.41, 5.74) is 5.58. The lowest BCUT2D eigenvalue weighted by atomic mass is 10.1. The van der Waals surface area contributed by atoms with Gasteiger partial charge in [0.1, 0.15) is 5.75 Å². The minimum absolute atomic E-state index is 0.0811. The highest BCUT2D eigenvalue weighted by Crippen LogP contribution is 2.23. The van der Waals surface area contributed by atoms with Crippen molar-refractivity contribution in [1.29, 1.82) is 0 Å². The van der Waals surface area contributed by atoms with Gasteiger partial charge in [0.05, 0.1) is 11.6 Å². The number of benzene rings is 1. The predicted octanol–water partition coefficient (Wildman–Crippen LogP) is 1.36. The number of phenolic OH excluding ortho intramolecular Hbond substituents is 1. The molecule has 0 fully saturated rings. The fraction of sp³-hybridized carbons (Fsp3) is 0.273. The normalized spacial score (nSPS) is 13.2. The van der Waals surface area contributed by atoms with Gasteiger partial charge in [-0.05, 0) is 25.1 Å². The van der Waals surface area contributed by atoms with Gasteiger partial charge in [0.15, 0.2) is 5.84 Å². The lowest BCUT2D eigenvalue weighted by Gasteiger charge is -2.24. The molecule has 1 unspecified atom stereocenters. The van der Waals surface area contributed by atoms with E-state index in [-0.39, 0.29) is 17.1 Å². The summed E-state index contributed by atoms with van der Waals surface area (Å²) in [4.78, 5) is 13.4. The Labute approximate surface area is 113 Å². The lowest BCUT2D eigenvalue weighted by molar-refractivity contribution is 0.0773. The van der Waals surface area contributed by atoms with Crippen LogP contribution in [0.2, 0.25) is 0 Å². The minimum Gasteiger partial charge on any atom is -0.507 e. The van der Waals surface area contributed by atoms with Crippen molar-refractivity contribution < 1.29 is 15.1 Å². The van der Waals surface area contributed by atoms with Crippen molar-refractivity contribution in [3.63, 3.8) is 0 Å². The van der Waals surface area contributed by atoms with Crippen molar-refractivity contribution in [3.05, 3.63) is 28.2 Å². The van der Waals surface area contributed by atoms with Crippen LogP contribution in [-0.2, 0) is 0 Å². The number of halogens is 1. The SMILES string of the molecule is CC(C(N)=NO)N(C)C(=O)c1ccc(Br)cc1O. The summed E-state index contributed by atoms with van der Waals surface area (Å²) in [5, 5.41) is 21.1. The highest BCUT2D eigenvalue weighted by atomic mass is 79.9. The molecule has 18 heavy (non-hydrogen) atoms. The molecule has 0 spiro atoms. The van der Waals surface area contributed by atoms with Crippen LogP contribution in [-0.4, -0.2) is 40.0 Å². The van der Waals surface area contributed by atoms with E-state index in [1.165, 1.54) is 24.1 Å². The Hall–Kier alpha value is -1.76. The van der Waals surface area contributed by atoms with Gasteiger partial charge in [-0.2, -0.15) is 0 Å². The van der Waals surface area contributed by atoms with Gasteiger partial charge in [-0.1, -0.05) is 21.1 Å². The molecular formula is C11H14BrN3O3. The van der Waals surface area contributed by atoms with E-state index in [0.717, 1.165) is 0 Å². The predicted molar refractivity (Wildman–Crippen MR) is 70.8 cm³/mol. The zero-order chi connectivity index (χ0) is 13.9. The summed E-state index contributed by atoms with van der Waals surface area (Å²) < 4.78 is 0.670. The molecule has 1 rings (SSSR count). The molecule has 0 bridgehead atoms. The quantitative estimate of drug-likeness (QED) is 0.339. The highest BCUT2D eigenvalue weighted by Gasteiger charge is 2.22. The molecule has 1 atom stereocenters. The van der Waals surface area contributed by atoms with Crippen molar-refractivity contribution in [2.24, 2.45) is 10.9 Å². The molecule has 0 aromatic heterocycles. The van der Waals surface area contributed by atoms with Gasteiger partial charge in [0.25, 0.3) is 5.91 Å². The molecule has 0 heterocycles. The number of amides is 1. The third-order valence-corrected chi connectivity index (χ3v) is 3.13. The first kappa shape index (κ1) is 14.3. The molecule has 0 aliphatic heterocycles. The molecule has 0 radical (unpaired) electrons. The maximum absolute atomic E-state index is 12.1. The Bertz CT molecular complexity index is 490. The number of carbonyl (C=O) groups excluding carboxylic acids is 1. The van der Waals surface area contributed by atoms with Crippen LogP contribution >= 0.6 is 15.9 Å². The van der Waals surface area contributed by atoms with E-state index in [1.54, 1.807) is 13.0 Å². The number of hydrogen-bond acceptors (Lipinski definition) is 4. The molecule has 0 saturated heterocycles. The van der Waals surface area contributed by atoms with Crippen LogP contribution < -0.4 is 5.73 Å². The molecule has 0 aliphatic carbocycles. The average Bonchev–Trinajstić information content (AvgIpc) is 2.35. The molecular weight excluding hydrogens is 302 g/mol. The van der Waals surface area contributed by atoms with Crippen LogP contribution in [0, 0.1) is 0 Å². The highest BCUT2D eigenvalue weighted by molar-refractivity contribution is 9.10. The molecule has 1 aromatic rings. The van der Waals surface area contributed by atoms with Gasteiger partial charge < -0.3 is 20.9 Å². The second-order valence-electron chi connectivity index (χ2n) is 3.78. The van der Waals surface area contributed by atoms with E-state index in [1.807, 2.05) is 0 Å². The van der Waals surface area contributed by atoms with Crippen LogP contribution in [0.4, 0.5) is 0 Å². The van der Waals surface area contributed by atoms with Crippen LogP contribution in [0.15, 0.2) is 27.8 Å². The van der Waals surface area contributed by atoms with Crippen LogP contribution in [0.3, 0.4) is 0 Å². The van der Waals surface area contributed by atoms with Gasteiger partial charge in [-0.3, -0.25) is 4.79 Å². The second kappa shape index (κ2) is 5.72. The van der Waals surface area contributed by atoms with Gasteiger partial charge in [-0.15, -0.1) is 0 Å². The zero-order valence-corrected chi connectivity index (χ0v) is 11.5. The maximum atomic E-state index is 12.1. The fourth-order valence-corrected chi connectivity index (χ4v) is 1.68. The van der Waals surface area contributed by atoms with Gasteiger partial charge in [-0.25, -0.2) is 0 Å². The monoisotopic (exact) mass is 315 g/mol. The Morgan fingerprint density at radius 1 is 1.56 bits per heavy atom. The largest absolute Gasteiger partial charge is 0.507 e. The smallest absolute Gasteiger partial charge is 0.257 e. The maximum Gasteiger partial charge on any atom is 0.257 e. The summed E-state index contributed by atoms with van der Waals surface area (Å²) in [6.45, 7) is 1.61. The first-order valence-corrected chi connectivity index (χ1v) is 5.91. The Balaban J connectivity index is 3.00. The number of oxime groups is 1. The van der Waals surface area contributed by atoms with Gasteiger partial charge in [0, 0.05) is 11.5 Å². The number of nitrogens with zero attached hydrogens (tertiary/aromatic N) is 2. The number of aromatic hydroxyl groups is 1. The van der Waals surface area contributed by atoms with E-state index in [0.29, 0.717) is 4.47 Å². The van der Waals surface area contributed by atoms with Crippen molar-refractivity contribution in [3.8, 4) is 5.75 Å². The Morgan fingerprint density at radius 3 is 2.67 bits per heavy atom. The van der Waals surface area contributed by atoms with E-state index < -0.39 is 11.9 Å². The third-order valence-electron chi connectivity index (χ3n) is 2.63. The van der Waals surface area contributed by atoms with Crippen molar-refractivity contribution in [2.75, 3.05) is 7.05 Å². The Morgan fingerprint density at radius 2 is 2.17 bits per heavy atom. The van der Waals surface area contributed by atoms with E-state index in [2.05, 4.69) is 21.1 Å². The average molecular weight is 316 g/mol. The standard InChI is InChI=1S/C11H14BrN3O3/c1-6(10(13)14-18)15(2)11(17)8-4-3-7(12)5-9(8)16/h3-6,16,18H,1-2H3,(H2,13,14). The zero-order valence-electron chi connectivity index (χ0n) is 9.96. The minimum atomic E-state index is -0.578. The first-order chi connectivity index (χ1) is 8.38. The summed E-state index contributed by atoms with van der Waals surface area (Å²) >= 11 is 3.19. The number of hydrogen-bond donors (Lipinski definition) is 3. The van der Waals surface area contributed by atoms with Crippen LogP contribution in [0.5, 0.6) is 5.75 Å². The van der Waals surface area contributed by atoms with Crippen molar-refractivity contribution >= 4 is 27.7 Å². The van der Waals surface area contributed by atoms with Crippen molar-refractivity contribution in [2.45, 2.75) is 13.0 Å². The Kier molecular flexibility index (Phi) is 4.55.